The highest BCUT2D eigenvalue weighted by Gasteiger charge is 2.38. The van der Waals surface area contributed by atoms with Crippen LogP contribution in [0.15, 0.2) is 40.1 Å². The molecular formula is C16H17ClN2O7P+. The van der Waals surface area contributed by atoms with E-state index in [1.807, 2.05) is 0 Å². The summed E-state index contributed by atoms with van der Waals surface area (Å²) in [4.78, 5) is 25.1. The molecule has 0 radical (unpaired) electrons. The normalized spacial score (nSPS) is 22.7. The molecule has 1 aromatic heterocycles. The van der Waals surface area contributed by atoms with Gasteiger partial charge >= 0.3 is 19.4 Å². The van der Waals surface area contributed by atoms with Crippen LogP contribution in [0.25, 0.3) is 0 Å². The Balaban J connectivity index is 2.00. The molecule has 2 N–H and O–H groups in total. The zero-order valence-corrected chi connectivity index (χ0v) is 15.8. The first-order valence-electron chi connectivity index (χ1n) is 8.02. The van der Waals surface area contributed by atoms with E-state index >= 15 is 0 Å². The number of hydrogen-bond donors (Lipinski definition) is 2. The number of ether oxygens (including phenoxy) is 1. The van der Waals surface area contributed by atoms with Crippen LogP contribution in [0, 0.1) is 6.92 Å². The Morgan fingerprint density at radius 2 is 2.07 bits per heavy atom. The lowest BCUT2D eigenvalue weighted by Gasteiger charge is -2.14. The van der Waals surface area contributed by atoms with Crippen LogP contribution >= 0.6 is 19.8 Å². The second-order valence-corrected chi connectivity index (χ2v) is 7.46. The van der Waals surface area contributed by atoms with Crippen molar-refractivity contribution in [2.24, 2.45) is 0 Å². The average molecular weight is 416 g/mol. The summed E-state index contributed by atoms with van der Waals surface area (Å²) in [5, 5.41) is 19.2. The highest BCUT2D eigenvalue weighted by atomic mass is 35.5. The zero-order valence-electron chi connectivity index (χ0n) is 14.2. The summed E-state index contributed by atoms with van der Waals surface area (Å²) in [5.41, 5.74) is -1.57. The van der Waals surface area contributed by atoms with E-state index in [2.05, 4.69) is 0 Å². The molecule has 3 rings (SSSR count). The van der Waals surface area contributed by atoms with E-state index in [1.165, 1.54) is 25.3 Å². The van der Waals surface area contributed by atoms with Crippen molar-refractivity contribution in [2.75, 3.05) is 6.61 Å². The number of nitrogens with zero attached hydrogens (tertiary/aromatic N) is 2. The van der Waals surface area contributed by atoms with Gasteiger partial charge in [0.05, 0.1) is 17.7 Å². The summed E-state index contributed by atoms with van der Waals surface area (Å²) in [5.74, 6) is 0.0625. The van der Waals surface area contributed by atoms with E-state index in [0.29, 0.717) is 4.34 Å². The summed E-state index contributed by atoms with van der Waals surface area (Å²) in [6.45, 7) is 1.03. The predicted octanol–water partition coefficient (Wildman–Crippen LogP) is 1.20. The minimum Gasteiger partial charge on any atom is -0.394 e. The lowest BCUT2D eigenvalue weighted by Crippen LogP contribution is -2.39. The van der Waals surface area contributed by atoms with Crippen LogP contribution in [-0.4, -0.2) is 37.9 Å². The number of aliphatic hydroxyl groups excluding tert-OH is 2. The van der Waals surface area contributed by atoms with Crippen LogP contribution in [0.5, 0.6) is 5.75 Å². The topological polar surface area (TPSA) is 120 Å². The lowest BCUT2D eigenvalue weighted by molar-refractivity contribution is -0.0461. The third-order valence-corrected chi connectivity index (χ3v) is 5.48. The molecule has 9 nitrogen and oxygen atoms in total. The van der Waals surface area contributed by atoms with Gasteiger partial charge in [-0.25, -0.2) is 9.32 Å². The Kier molecular flexibility index (Phi) is 5.78. The molecule has 1 aliphatic rings. The molecule has 1 saturated heterocycles. The number of aliphatic hydroxyl groups is 2. The number of aromatic nitrogens is 2. The van der Waals surface area contributed by atoms with Gasteiger partial charge in [0.15, 0.2) is 0 Å². The third kappa shape index (κ3) is 3.83. The quantitative estimate of drug-likeness (QED) is 0.704. The largest absolute Gasteiger partial charge is 0.709 e. The Morgan fingerprint density at radius 3 is 2.70 bits per heavy atom. The minimum absolute atomic E-state index is 0.0327. The van der Waals surface area contributed by atoms with Gasteiger partial charge in [0.2, 0.25) is 5.75 Å². The first-order valence-corrected chi connectivity index (χ1v) is 9.53. The molecule has 11 heteroatoms. The second kappa shape index (κ2) is 7.92. The molecule has 144 valence electrons. The fraction of sp³-hybridized carbons (Fsp3) is 0.375. The highest BCUT2D eigenvalue weighted by molar-refractivity contribution is 7.37. The van der Waals surface area contributed by atoms with E-state index in [1.54, 1.807) is 12.1 Å². The van der Waals surface area contributed by atoms with Crippen molar-refractivity contribution in [1.29, 1.82) is 0 Å². The molecule has 1 unspecified atom stereocenters. The van der Waals surface area contributed by atoms with Crippen LogP contribution in [0.2, 0.25) is 5.02 Å². The van der Waals surface area contributed by atoms with Gasteiger partial charge in [-0.3, -0.25) is 9.36 Å². The SMILES string of the molecule is Cc1cn([C@H]2C[C@H](O)[C@@H](CO)O2)c(=O)n([P+](=O)Oc2ccccc2Cl)c1=O. The molecule has 0 saturated carbocycles. The van der Waals surface area contributed by atoms with Gasteiger partial charge in [-0.1, -0.05) is 23.7 Å². The molecule has 2 heterocycles. The van der Waals surface area contributed by atoms with Crippen molar-refractivity contribution < 1.29 is 24.0 Å². The van der Waals surface area contributed by atoms with E-state index < -0.39 is 44.5 Å². The van der Waals surface area contributed by atoms with Crippen LogP contribution in [0.4, 0.5) is 0 Å². The van der Waals surface area contributed by atoms with Crippen LogP contribution in [0.1, 0.15) is 18.2 Å². The predicted molar refractivity (Wildman–Crippen MR) is 96.4 cm³/mol. The first-order chi connectivity index (χ1) is 12.8. The van der Waals surface area contributed by atoms with E-state index in [4.69, 9.17) is 20.9 Å². The molecule has 0 aliphatic carbocycles. The molecule has 4 atom stereocenters. The van der Waals surface area contributed by atoms with Gasteiger partial charge < -0.3 is 14.9 Å². The molecule has 1 aliphatic heterocycles. The molecular weight excluding hydrogens is 399 g/mol. The van der Waals surface area contributed by atoms with Gasteiger partial charge in [0, 0.05) is 22.7 Å². The summed E-state index contributed by atoms with van der Waals surface area (Å²) < 4.78 is 24.8. The second-order valence-electron chi connectivity index (χ2n) is 5.99. The number of hydrogen-bond acceptors (Lipinski definition) is 7. The zero-order chi connectivity index (χ0) is 19.7. The third-order valence-electron chi connectivity index (χ3n) is 4.14. The van der Waals surface area contributed by atoms with Gasteiger partial charge in [0.25, 0.3) is 0 Å². The standard InChI is InChI=1S/C16H17ClN2O7P/c1-9-7-18(14-6-11(21)13(8-20)25-14)16(23)19(15(9)22)27(24)26-12-5-3-2-4-10(12)17/h2-5,7,11,13-14,20-21H,6,8H2,1H3/q+1/t11-,13+,14+/m0/s1. The molecule has 2 aromatic rings. The van der Waals surface area contributed by atoms with Crippen LogP contribution in [0.3, 0.4) is 0 Å². The molecule has 0 bridgehead atoms. The van der Waals surface area contributed by atoms with E-state index in [-0.39, 0.29) is 22.8 Å². The molecule has 0 spiro atoms. The van der Waals surface area contributed by atoms with Gasteiger partial charge in [0.1, 0.15) is 12.3 Å². The maximum atomic E-state index is 12.8. The van der Waals surface area contributed by atoms with Crippen molar-refractivity contribution in [1.82, 2.24) is 8.90 Å². The van der Waals surface area contributed by atoms with Crippen molar-refractivity contribution >= 4 is 19.8 Å². The lowest BCUT2D eigenvalue weighted by atomic mass is 10.2. The smallest absolute Gasteiger partial charge is 0.394 e. The van der Waals surface area contributed by atoms with Gasteiger partial charge in [-0.05, 0) is 23.4 Å². The maximum Gasteiger partial charge on any atom is 0.709 e. The Bertz CT molecular complexity index is 989. The van der Waals surface area contributed by atoms with Crippen molar-refractivity contribution in [3.63, 3.8) is 0 Å². The van der Waals surface area contributed by atoms with Crippen molar-refractivity contribution in [3.05, 3.63) is 61.9 Å². The van der Waals surface area contributed by atoms with Crippen molar-refractivity contribution in [3.8, 4) is 5.75 Å². The van der Waals surface area contributed by atoms with Crippen molar-refractivity contribution in [2.45, 2.75) is 31.8 Å². The van der Waals surface area contributed by atoms with E-state index in [0.717, 1.165) is 4.57 Å². The number of aryl methyl sites for hydroxylation is 1. The molecule has 1 fully saturated rings. The first kappa shape index (κ1) is 19.7. The fourth-order valence-corrected chi connectivity index (χ4v) is 3.91. The summed E-state index contributed by atoms with van der Waals surface area (Å²) in [6, 6.07) is 6.22. The fourth-order valence-electron chi connectivity index (χ4n) is 2.73. The monoisotopic (exact) mass is 415 g/mol. The number of halogens is 1. The van der Waals surface area contributed by atoms with Crippen LogP contribution in [-0.2, 0) is 9.30 Å². The Morgan fingerprint density at radius 1 is 1.37 bits per heavy atom. The van der Waals surface area contributed by atoms with Gasteiger partial charge in [-0.2, -0.15) is 0 Å². The highest BCUT2D eigenvalue weighted by Crippen LogP contribution is 2.32. The maximum absolute atomic E-state index is 12.8. The van der Waals surface area contributed by atoms with E-state index in [9.17, 15) is 24.4 Å². The summed E-state index contributed by atoms with van der Waals surface area (Å²) in [6.07, 6.45) is -1.45. The Labute approximate surface area is 159 Å². The van der Waals surface area contributed by atoms with Gasteiger partial charge in [-0.15, -0.1) is 0 Å². The molecule has 1 aromatic carbocycles. The average Bonchev–Trinajstić information content (AvgIpc) is 3.01. The molecule has 27 heavy (non-hydrogen) atoms. The number of para-hydroxylation sites is 1. The molecule has 0 amide bonds. The summed E-state index contributed by atoms with van der Waals surface area (Å²) in [7, 11) is -2.91. The summed E-state index contributed by atoms with van der Waals surface area (Å²) >= 11 is 5.95. The minimum atomic E-state index is -2.91. The van der Waals surface area contributed by atoms with Crippen LogP contribution < -0.4 is 15.8 Å². The number of rotatable bonds is 5. The Hall–Kier alpha value is -2.03. The number of benzene rings is 1.